The molecule has 0 aromatic rings. The predicted molar refractivity (Wildman–Crippen MR) is 62.5 cm³/mol. The molecule has 1 aliphatic heterocycles. The molecule has 94 valence electrons. The predicted octanol–water partition coefficient (Wildman–Crippen LogP) is 0.949. The maximum atomic E-state index is 11.7. The van der Waals surface area contributed by atoms with Crippen molar-refractivity contribution in [1.29, 1.82) is 0 Å². The number of carbonyl (C=O) groups is 1. The van der Waals surface area contributed by atoms with Gasteiger partial charge in [0.1, 0.15) is 5.78 Å². The van der Waals surface area contributed by atoms with E-state index in [9.17, 15) is 4.79 Å². The van der Waals surface area contributed by atoms with Crippen LogP contribution >= 0.6 is 0 Å². The molecule has 1 unspecified atom stereocenters. The molecule has 0 bridgehead atoms. The van der Waals surface area contributed by atoms with Gasteiger partial charge in [-0.1, -0.05) is 0 Å². The summed E-state index contributed by atoms with van der Waals surface area (Å²) in [5.41, 5.74) is 0. The van der Waals surface area contributed by atoms with E-state index in [0.717, 1.165) is 13.1 Å². The minimum Gasteiger partial charge on any atom is -0.383 e. The lowest BCUT2D eigenvalue weighted by atomic mass is 9.99. The lowest BCUT2D eigenvalue weighted by Crippen LogP contribution is -2.43. The molecule has 0 spiro atoms. The van der Waals surface area contributed by atoms with Crippen molar-refractivity contribution in [3.8, 4) is 0 Å². The van der Waals surface area contributed by atoms with Crippen molar-refractivity contribution in [3.63, 3.8) is 0 Å². The van der Waals surface area contributed by atoms with Gasteiger partial charge in [-0.3, -0.25) is 9.69 Å². The SMILES string of the molecule is COCCN(CC1COCCC1=O)C(C)C. The first-order chi connectivity index (χ1) is 7.65. The number of methoxy groups -OCH3 is 1. The summed E-state index contributed by atoms with van der Waals surface area (Å²) in [6.45, 7) is 7.83. The number of rotatable bonds is 6. The summed E-state index contributed by atoms with van der Waals surface area (Å²) in [5, 5.41) is 0. The van der Waals surface area contributed by atoms with Gasteiger partial charge in [-0.25, -0.2) is 0 Å². The third kappa shape index (κ3) is 4.20. The van der Waals surface area contributed by atoms with Crippen molar-refractivity contribution in [1.82, 2.24) is 4.90 Å². The summed E-state index contributed by atoms with van der Waals surface area (Å²) in [5.74, 6) is 0.391. The Morgan fingerprint density at radius 2 is 2.31 bits per heavy atom. The fourth-order valence-electron chi connectivity index (χ4n) is 1.90. The van der Waals surface area contributed by atoms with Crippen molar-refractivity contribution in [2.75, 3.05) is 40.0 Å². The van der Waals surface area contributed by atoms with E-state index in [2.05, 4.69) is 18.7 Å². The average Bonchev–Trinajstić information content (AvgIpc) is 2.26. The molecule has 0 radical (unpaired) electrons. The van der Waals surface area contributed by atoms with E-state index in [1.807, 2.05) is 0 Å². The highest BCUT2D eigenvalue weighted by Gasteiger charge is 2.25. The zero-order chi connectivity index (χ0) is 12.0. The van der Waals surface area contributed by atoms with Gasteiger partial charge in [-0.05, 0) is 13.8 Å². The molecule has 0 aromatic carbocycles. The monoisotopic (exact) mass is 229 g/mol. The Hall–Kier alpha value is -0.450. The second kappa shape index (κ2) is 6.99. The summed E-state index contributed by atoms with van der Waals surface area (Å²) < 4.78 is 10.4. The highest BCUT2D eigenvalue weighted by atomic mass is 16.5. The zero-order valence-electron chi connectivity index (χ0n) is 10.6. The van der Waals surface area contributed by atoms with Gasteiger partial charge in [0.25, 0.3) is 0 Å². The Balaban J connectivity index is 2.42. The highest BCUT2D eigenvalue weighted by Crippen LogP contribution is 2.13. The Kier molecular flexibility index (Phi) is 5.95. The largest absolute Gasteiger partial charge is 0.383 e. The van der Waals surface area contributed by atoms with Crippen molar-refractivity contribution in [3.05, 3.63) is 0 Å². The first-order valence-corrected chi connectivity index (χ1v) is 5.98. The van der Waals surface area contributed by atoms with Crippen molar-refractivity contribution < 1.29 is 14.3 Å². The van der Waals surface area contributed by atoms with Crippen LogP contribution in [0.2, 0.25) is 0 Å². The van der Waals surface area contributed by atoms with Crippen LogP contribution < -0.4 is 0 Å². The van der Waals surface area contributed by atoms with Crippen LogP contribution in [0, 0.1) is 5.92 Å². The molecule has 0 aromatic heterocycles. The van der Waals surface area contributed by atoms with E-state index in [4.69, 9.17) is 9.47 Å². The maximum Gasteiger partial charge on any atom is 0.141 e. The number of hydrogen-bond donors (Lipinski definition) is 0. The molecule has 16 heavy (non-hydrogen) atoms. The summed E-state index contributed by atoms with van der Waals surface area (Å²) >= 11 is 0. The van der Waals surface area contributed by atoms with Crippen LogP contribution in [0.15, 0.2) is 0 Å². The van der Waals surface area contributed by atoms with Crippen LogP contribution in [0.4, 0.5) is 0 Å². The minimum absolute atomic E-state index is 0.0491. The van der Waals surface area contributed by atoms with E-state index in [1.165, 1.54) is 0 Å². The number of hydrogen-bond acceptors (Lipinski definition) is 4. The lowest BCUT2D eigenvalue weighted by molar-refractivity contribution is -0.131. The van der Waals surface area contributed by atoms with Gasteiger partial charge in [0, 0.05) is 32.7 Å². The summed E-state index contributed by atoms with van der Waals surface area (Å²) in [6.07, 6.45) is 0.570. The van der Waals surface area contributed by atoms with Gasteiger partial charge in [-0.2, -0.15) is 0 Å². The van der Waals surface area contributed by atoms with Gasteiger partial charge < -0.3 is 9.47 Å². The second-order valence-corrected chi connectivity index (χ2v) is 4.57. The molecule has 1 fully saturated rings. The van der Waals surface area contributed by atoms with Crippen LogP contribution in [0.5, 0.6) is 0 Å². The molecule has 4 heteroatoms. The maximum absolute atomic E-state index is 11.7. The van der Waals surface area contributed by atoms with Gasteiger partial charge >= 0.3 is 0 Å². The first-order valence-electron chi connectivity index (χ1n) is 5.98. The van der Waals surface area contributed by atoms with E-state index >= 15 is 0 Å². The van der Waals surface area contributed by atoms with Crippen LogP contribution in [0.3, 0.4) is 0 Å². The van der Waals surface area contributed by atoms with Gasteiger partial charge in [-0.15, -0.1) is 0 Å². The molecular formula is C12H23NO3. The van der Waals surface area contributed by atoms with Crippen LogP contribution in [0.25, 0.3) is 0 Å². The second-order valence-electron chi connectivity index (χ2n) is 4.57. The molecule has 1 atom stereocenters. The molecular weight excluding hydrogens is 206 g/mol. The first kappa shape index (κ1) is 13.6. The quantitative estimate of drug-likeness (QED) is 0.680. The van der Waals surface area contributed by atoms with Crippen molar-refractivity contribution in [2.24, 2.45) is 5.92 Å². The lowest BCUT2D eigenvalue weighted by Gasteiger charge is -2.31. The highest BCUT2D eigenvalue weighted by molar-refractivity contribution is 5.82. The number of Topliss-reactive ketones (excluding diaryl/α,β-unsaturated/α-hetero) is 1. The van der Waals surface area contributed by atoms with Gasteiger partial charge in [0.05, 0.1) is 25.7 Å². The smallest absolute Gasteiger partial charge is 0.141 e. The summed E-state index contributed by atoms with van der Waals surface area (Å²) in [4.78, 5) is 14.0. The molecule has 1 rings (SSSR count). The molecule has 1 heterocycles. The van der Waals surface area contributed by atoms with Gasteiger partial charge in [0.15, 0.2) is 0 Å². The topological polar surface area (TPSA) is 38.8 Å². The summed E-state index contributed by atoms with van der Waals surface area (Å²) in [6, 6.07) is 0.435. The molecule has 1 aliphatic rings. The van der Waals surface area contributed by atoms with Gasteiger partial charge in [0.2, 0.25) is 0 Å². The van der Waals surface area contributed by atoms with E-state index in [0.29, 0.717) is 38.1 Å². The van der Waals surface area contributed by atoms with Crippen molar-refractivity contribution >= 4 is 5.78 Å². The molecule has 1 saturated heterocycles. The molecule has 0 N–H and O–H groups in total. The van der Waals surface area contributed by atoms with Crippen LogP contribution in [-0.4, -0.2) is 56.7 Å². The Labute approximate surface area is 97.9 Å². The normalized spacial score (nSPS) is 22.1. The number of nitrogens with zero attached hydrogens (tertiary/aromatic N) is 1. The van der Waals surface area contributed by atoms with Crippen LogP contribution in [0.1, 0.15) is 20.3 Å². The third-order valence-electron chi connectivity index (χ3n) is 3.03. The standard InChI is InChI=1S/C12H23NO3/c1-10(2)13(5-7-15-3)8-11-9-16-6-4-12(11)14/h10-11H,4-9H2,1-3H3. The fraction of sp³-hybridized carbons (Fsp3) is 0.917. The Bertz CT molecular complexity index is 218. The molecule has 0 aliphatic carbocycles. The third-order valence-corrected chi connectivity index (χ3v) is 3.03. The molecule has 0 saturated carbocycles. The average molecular weight is 229 g/mol. The summed E-state index contributed by atoms with van der Waals surface area (Å²) in [7, 11) is 1.70. The number of ether oxygens (including phenoxy) is 2. The number of carbonyl (C=O) groups excluding carboxylic acids is 1. The minimum atomic E-state index is 0.0491. The molecule has 4 nitrogen and oxygen atoms in total. The Morgan fingerprint density at radius 3 is 2.88 bits per heavy atom. The van der Waals surface area contributed by atoms with E-state index in [-0.39, 0.29) is 5.92 Å². The van der Waals surface area contributed by atoms with E-state index in [1.54, 1.807) is 7.11 Å². The number of ketones is 1. The Morgan fingerprint density at radius 1 is 1.56 bits per heavy atom. The van der Waals surface area contributed by atoms with E-state index < -0.39 is 0 Å². The van der Waals surface area contributed by atoms with Crippen molar-refractivity contribution in [2.45, 2.75) is 26.3 Å². The van der Waals surface area contributed by atoms with Crippen LogP contribution in [-0.2, 0) is 14.3 Å². The molecule has 0 amide bonds. The fourth-order valence-corrected chi connectivity index (χ4v) is 1.90. The zero-order valence-corrected chi connectivity index (χ0v) is 10.6.